The third-order valence-corrected chi connectivity index (χ3v) is 5.40. The number of hydrogen-bond acceptors (Lipinski definition) is 5. The van der Waals surface area contributed by atoms with E-state index >= 15 is 0 Å². The number of nitrogens with one attached hydrogen (secondary N) is 1. The van der Waals surface area contributed by atoms with Crippen LogP contribution >= 0.6 is 11.3 Å². The first-order valence-electron chi connectivity index (χ1n) is 6.16. The molecule has 0 saturated carbocycles. The number of aryl methyl sites for hydroxylation is 4. The lowest BCUT2D eigenvalue weighted by Gasteiger charge is -2.12. The van der Waals surface area contributed by atoms with Gasteiger partial charge in [-0.15, -0.1) is 21.5 Å². The van der Waals surface area contributed by atoms with Crippen molar-refractivity contribution in [3.05, 3.63) is 38.8 Å². The molecule has 0 fully saturated rings. The Morgan fingerprint density at radius 1 is 1.10 bits per heavy atom. The molecular formula is C13H17N3O2S2. The molecule has 0 radical (unpaired) electrons. The lowest BCUT2D eigenvalue weighted by atomic mass is 10.1. The molecular weight excluding hydrogens is 294 g/mol. The predicted octanol–water partition coefficient (Wildman–Crippen LogP) is 2.25. The summed E-state index contributed by atoms with van der Waals surface area (Å²) in [4.78, 5) is 0.351. The summed E-state index contributed by atoms with van der Waals surface area (Å²) < 4.78 is 27.4. The lowest BCUT2D eigenvalue weighted by Crippen LogP contribution is -2.24. The Hall–Kier alpha value is -1.31. The largest absolute Gasteiger partial charge is 0.241 e. The molecule has 1 heterocycles. The Labute approximate surface area is 123 Å². The number of aromatic nitrogens is 2. The van der Waals surface area contributed by atoms with Crippen molar-refractivity contribution in [2.45, 2.75) is 39.1 Å². The van der Waals surface area contributed by atoms with Crippen molar-refractivity contribution >= 4 is 21.4 Å². The zero-order valence-electron chi connectivity index (χ0n) is 11.9. The van der Waals surface area contributed by atoms with Crippen molar-refractivity contribution in [1.29, 1.82) is 0 Å². The third-order valence-electron chi connectivity index (χ3n) is 2.85. The molecule has 0 saturated heterocycles. The van der Waals surface area contributed by atoms with Gasteiger partial charge in [0.25, 0.3) is 0 Å². The van der Waals surface area contributed by atoms with Crippen molar-refractivity contribution in [1.82, 2.24) is 14.9 Å². The van der Waals surface area contributed by atoms with Gasteiger partial charge >= 0.3 is 0 Å². The van der Waals surface area contributed by atoms with Gasteiger partial charge in [-0.1, -0.05) is 17.7 Å². The van der Waals surface area contributed by atoms with Crippen LogP contribution in [-0.4, -0.2) is 18.6 Å². The van der Waals surface area contributed by atoms with Crippen LogP contribution in [0.2, 0.25) is 0 Å². The highest BCUT2D eigenvalue weighted by atomic mass is 32.2. The summed E-state index contributed by atoms with van der Waals surface area (Å²) in [6.45, 7) is 7.58. The van der Waals surface area contributed by atoms with Gasteiger partial charge in [-0.25, -0.2) is 13.1 Å². The maximum Gasteiger partial charge on any atom is 0.241 e. The molecule has 0 aliphatic heterocycles. The van der Waals surface area contributed by atoms with Crippen molar-refractivity contribution < 1.29 is 8.42 Å². The molecule has 0 aliphatic rings. The Morgan fingerprint density at radius 2 is 1.70 bits per heavy atom. The Bertz CT molecular complexity index is 713. The van der Waals surface area contributed by atoms with Gasteiger partial charge in [0.2, 0.25) is 10.0 Å². The van der Waals surface area contributed by atoms with Crippen molar-refractivity contribution in [3.8, 4) is 0 Å². The molecule has 2 aromatic rings. The number of benzene rings is 1. The van der Waals surface area contributed by atoms with Gasteiger partial charge in [0.15, 0.2) is 0 Å². The van der Waals surface area contributed by atoms with Crippen LogP contribution < -0.4 is 4.72 Å². The first-order valence-corrected chi connectivity index (χ1v) is 8.46. The fraction of sp³-hybridized carbons (Fsp3) is 0.385. The van der Waals surface area contributed by atoms with Crippen LogP contribution in [0.3, 0.4) is 0 Å². The quantitative estimate of drug-likeness (QED) is 0.940. The molecule has 108 valence electrons. The fourth-order valence-corrected chi connectivity index (χ4v) is 4.41. The number of hydrogen-bond donors (Lipinski definition) is 1. The van der Waals surface area contributed by atoms with E-state index in [4.69, 9.17) is 0 Å². The van der Waals surface area contributed by atoms with Crippen LogP contribution in [0, 0.1) is 27.7 Å². The second kappa shape index (κ2) is 5.59. The van der Waals surface area contributed by atoms with E-state index in [9.17, 15) is 8.42 Å². The molecule has 0 spiro atoms. The van der Waals surface area contributed by atoms with Crippen LogP contribution in [0.4, 0.5) is 0 Å². The third kappa shape index (κ3) is 3.23. The second-order valence-electron chi connectivity index (χ2n) is 4.77. The summed E-state index contributed by atoms with van der Waals surface area (Å²) in [5, 5.41) is 9.27. The minimum absolute atomic E-state index is 0.167. The van der Waals surface area contributed by atoms with E-state index in [-0.39, 0.29) is 6.54 Å². The summed E-state index contributed by atoms with van der Waals surface area (Å²) in [6.07, 6.45) is 0. The van der Waals surface area contributed by atoms with E-state index in [0.29, 0.717) is 9.90 Å². The van der Waals surface area contributed by atoms with Crippen LogP contribution in [0.25, 0.3) is 0 Å². The predicted molar refractivity (Wildman–Crippen MR) is 79.3 cm³/mol. The molecule has 1 aromatic heterocycles. The van der Waals surface area contributed by atoms with Crippen LogP contribution in [0.15, 0.2) is 17.0 Å². The van der Waals surface area contributed by atoms with E-state index in [0.717, 1.165) is 21.7 Å². The number of rotatable bonds is 4. The van der Waals surface area contributed by atoms with E-state index in [1.54, 1.807) is 0 Å². The Morgan fingerprint density at radius 3 is 2.20 bits per heavy atom. The smallest absolute Gasteiger partial charge is 0.207 e. The molecule has 0 amide bonds. The van der Waals surface area contributed by atoms with Crippen molar-refractivity contribution in [3.63, 3.8) is 0 Å². The number of nitrogens with zero attached hydrogens (tertiary/aromatic N) is 2. The molecule has 0 unspecified atom stereocenters. The van der Waals surface area contributed by atoms with Gasteiger partial charge in [0, 0.05) is 0 Å². The second-order valence-corrected chi connectivity index (χ2v) is 7.74. The SMILES string of the molecule is Cc1cc(C)c(S(=O)(=O)NCc2nnc(C)s2)c(C)c1. The number of sulfonamides is 1. The average molecular weight is 311 g/mol. The van der Waals surface area contributed by atoms with Crippen molar-refractivity contribution in [2.24, 2.45) is 0 Å². The standard InChI is InChI=1S/C13H17N3O2S2/c1-8-5-9(2)13(10(3)6-8)20(17,18)14-7-12-16-15-11(4)19-12/h5-6,14H,7H2,1-4H3. The highest BCUT2D eigenvalue weighted by molar-refractivity contribution is 7.89. The summed E-state index contributed by atoms with van der Waals surface area (Å²) in [7, 11) is -3.54. The summed E-state index contributed by atoms with van der Waals surface area (Å²) >= 11 is 1.39. The molecule has 0 atom stereocenters. The Kier molecular flexibility index (Phi) is 4.22. The molecule has 2 rings (SSSR count). The molecule has 1 aromatic carbocycles. The van der Waals surface area contributed by atoms with E-state index in [2.05, 4.69) is 14.9 Å². The van der Waals surface area contributed by atoms with Crippen LogP contribution in [0.1, 0.15) is 26.7 Å². The first kappa shape index (κ1) is 15.1. The molecule has 5 nitrogen and oxygen atoms in total. The first-order chi connectivity index (χ1) is 9.29. The highest BCUT2D eigenvalue weighted by Gasteiger charge is 2.20. The van der Waals surface area contributed by atoms with Gasteiger partial charge in [-0.05, 0) is 38.8 Å². The Balaban J connectivity index is 2.27. The minimum Gasteiger partial charge on any atom is -0.207 e. The zero-order valence-corrected chi connectivity index (χ0v) is 13.5. The molecule has 0 aliphatic carbocycles. The van der Waals surface area contributed by atoms with Gasteiger partial charge in [-0.3, -0.25) is 0 Å². The van der Waals surface area contributed by atoms with Crippen LogP contribution in [0.5, 0.6) is 0 Å². The summed E-state index contributed by atoms with van der Waals surface area (Å²) in [6, 6.07) is 3.74. The molecule has 1 N–H and O–H groups in total. The fourth-order valence-electron chi connectivity index (χ4n) is 2.23. The molecule has 0 bridgehead atoms. The molecule has 20 heavy (non-hydrogen) atoms. The average Bonchev–Trinajstić information content (AvgIpc) is 2.71. The van der Waals surface area contributed by atoms with Gasteiger partial charge in [-0.2, -0.15) is 0 Å². The maximum absolute atomic E-state index is 12.4. The normalized spacial score (nSPS) is 11.8. The van der Waals surface area contributed by atoms with E-state index in [1.165, 1.54) is 11.3 Å². The van der Waals surface area contributed by atoms with Crippen LogP contribution in [-0.2, 0) is 16.6 Å². The maximum atomic E-state index is 12.4. The van der Waals surface area contributed by atoms with Crippen molar-refractivity contribution in [2.75, 3.05) is 0 Å². The van der Waals surface area contributed by atoms with Gasteiger partial charge in [0.05, 0.1) is 11.4 Å². The molecule has 7 heteroatoms. The monoisotopic (exact) mass is 311 g/mol. The lowest BCUT2D eigenvalue weighted by molar-refractivity contribution is 0.579. The topological polar surface area (TPSA) is 72.0 Å². The zero-order chi connectivity index (χ0) is 14.9. The summed E-state index contributed by atoms with van der Waals surface area (Å²) in [5.74, 6) is 0. The minimum atomic E-state index is -3.54. The van der Waals surface area contributed by atoms with Gasteiger partial charge in [0.1, 0.15) is 10.0 Å². The van der Waals surface area contributed by atoms with E-state index < -0.39 is 10.0 Å². The summed E-state index contributed by atoms with van der Waals surface area (Å²) in [5.41, 5.74) is 2.56. The van der Waals surface area contributed by atoms with Gasteiger partial charge < -0.3 is 0 Å². The highest BCUT2D eigenvalue weighted by Crippen LogP contribution is 2.22. The van der Waals surface area contributed by atoms with E-state index in [1.807, 2.05) is 39.8 Å².